The van der Waals surface area contributed by atoms with Gasteiger partial charge in [-0.15, -0.1) is 4.31 Å². The average Bonchev–Trinajstić information content (AvgIpc) is 2.92. The third-order valence-electron chi connectivity index (χ3n) is 5.12. The Morgan fingerprint density at radius 1 is 1.33 bits per heavy atom. The quantitative estimate of drug-likeness (QED) is 0.783. The van der Waals surface area contributed by atoms with Crippen molar-refractivity contribution in [2.45, 2.75) is 37.1 Å². The van der Waals surface area contributed by atoms with Crippen molar-refractivity contribution < 1.29 is 22.8 Å². The first-order valence-corrected chi connectivity index (χ1v) is 10.2. The van der Waals surface area contributed by atoms with Gasteiger partial charge in [-0.3, -0.25) is 4.79 Å². The number of nitrogens with zero attached hydrogens (tertiary/aromatic N) is 2. The average molecular weight is 391 g/mol. The number of aromatic nitrogens is 1. The van der Waals surface area contributed by atoms with Crippen LogP contribution in [-0.4, -0.2) is 45.2 Å². The van der Waals surface area contributed by atoms with Crippen molar-refractivity contribution in [3.05, 3.63) is 41.3 Å². The molecule has 2 atom stereocenters. The monoisotopic (exact) mass is 391 g/mol. The molecule has 0 aliphatic carbocycles. The van der Waals surface area contributed by atoms with E-state index in [0.29, 0.717) is 36.4 Å². The van der Waals surface area contributed by atoms with E-state index in [-0.39, 0.29) is 29.7 Å². The first-order valence-electron chi connectivity index (χ1n) is 8.80. The van der Waals surface area contributed by atoms with Crippen molar-refractivity contribution in [3.63, 3.8) is 0 Å². The third-order valence-corrected chi connectivity index (χ3v) is 7.21. The number of para-hydroxylation sites is 1. The van der Waals surface area contributed by atoms with E-state index < -0.39 is 15.9 Å². The number of hydrogen-bond donors (Lipinski definition) is 1. The Labute approximate surface area is 158 Å². The van der Waals surface area contributed by atoms with Crippen molar-refractivity contribution in [1.82, 2.24) is 14.8 Å². The second-order valence-electron chi connectivity index (χ2n) is 7.11. The number of carbonyl (C=O) groups is 1. The van der Waals surface area contributed by atoms with Gasteiger partial charge in [0, 0.05) is 13.5 Å². The minimum Gasteiger partial charge on any atom is -0.593 e. The molecule has 0 radical (unpaired) electrons. The van der Waals surface area contributed by atoms with Crippen LogP contribution in [0.15, 0.2) is 33.7 Å². The molecule has 0 saturated carbocycles. The summed E-state index contributed by atoms with van der Waals surface area (Å²) in [6.07, 6.45) is 1.25. The van der Waals surface area contributed by atoms with Gasteiger partial charge in [-0.25, -0.2) is 0 Å². The van der Waals surface area contributed by atoms with Crippen LogP contribution >= 0.6 is 0 Å². The van der Waals surface area contributed by atoms with Crippen LogP contribution in [0.25, 0.3) is 0 Å². The lowest BCUT2D eigenvalue weighted by molar-refractivity contribution is 0.0789. The number of aryl methyl sites for hydroxylation is 2. The molecule has 0 bridgehead atoms. The summed E-state index contributed by atoms with van der Waals surface area (Å²) in [4.78, 5) is 12.8. The summed E-state index contributed by atoms with van der Waals surface area (Å²) in [6, 6.07) is 7.02. The maximum absolute atomic E-state index is 13.2. The zero-order valence-electron chi connectivity index (χ0n) is 15.2. The van der Waals surface area contributed by atoms with Gasteiger partial charge in [0.05, 0.1) is 17.6 Å². The molecule has 8 nitrogen and oxygen atoms in total. The molecule has 1 fully saturated rings. The Bertz CT molecular complexity index is 923. The second kappa shape index (κ2) is 6.43. The van der Waals surface area contributed by atoms with Crippen LogP contribution in [0.2, 0.25) is 0 Å². The molecule has 1 aromatic heterocycles. The molecule has 1 amide bonds. The molecule has 3 heterocycles. The number of piperidine rings is 1. The largest absolute Gasteiger partial charge is 0.593 e. The highest BCUT2D eigenvalue weighted by molar-refractivity contribution is 7.95. The number of fused-ring (bicyclic) bond motifs is 1. The summed E-state index contributed by atoms with van der Waals surface area (Å²) in [5, 5.41) is 6.78. The van der Waals surface area contributed by atoms with Crippen LogP contribution in [-0.2, 0) is 14.6 Å². The van der Waals surface area contributed by atoms with Gasteiger partial charge in [0.25, 0.3) is 5.91 Å². The molecule has 1 aromatic carbocycles. The summed E-state index contributed by atoms with van der Waals surface area (Å²) in [5.74, 6) is 0.526. The SMILES string of the molecule is Cc1noc(C)c1[S+](=O)([O-])N1CCCC2(COc3ccccc3C(=O)N2)C1. The van der Waals surface area contributed by atoms with Crippen molar-refractivity contribution >= 4 is 16.3 Å². The predicted octanol–water partition coefficient (Wildman–Crippen LogP) is 1.85. The van der Waals surface area contributed by atoms with Crippen LogP contribution in [0, 0.1) is 13.8 Å². The molecule has 9 heteroatoms. The zero-order chi connectivity index (χ0) is 19.2. The van der Waals surface area contributed by atoms with Crippen LogP contribution < -0.4 is 10.1 Å². The molecule has 2 aromatic rings. The summed E-state index contributed by atoms with van der Waals surface area (Å²) in [7, 11) is -3.78. The van der Waals surface area contributed by atoms with E-state index in [1.165, 1.54) is 4.31 Å². The molecule has 1 spiro atoms. The molecule has 4 rings (SSSR count). The molecule has 1 N–H and O–H groups in total. The smallest absolute Gasteiger partial charge is 0.255 e. The third kappa shape index (κ3) is 3.05. The summed E-state index contributed by atoms with van der Waals surface area (Å²) in [6.45, 7) is 3.91. The van der Waals surface area contributed by atoms with Crippen LogP contribution in [0.3, 0.4) is 0 Å². The summed E-state index contributed by atoms with van der Waals surface area (Å²) < 4.78 is 38.7. The zero-order valence-corrected chi connectivity index (χ0v) is 16.0. The van der Waals surface area contributed by atoms with E-state index in [9.17, 15) is 13.6 Å². The van der Waals surface area contributed by atoms with E-state index in [0.717, 1.165) is 0 Å². The predicted molar refractivity (Wildman–Crippen MR) is 96.0 cm³/mol. The second-order valence-corrected chi connectivity index (χ2v) is 8.99. The van der Waals surface area contributed by atoms with Crippen molar-refractivity contribution in [2.24, 2.45) is 0 Å². The van der Waals surface area contributed by atoms with Gasteiger partial charge in [-0.05, 0) is 31.9 Å². The summed E-state index contributed by atoms with van der Waals surface area (Å²) in [5.41, 5.74) is 0.0150. The number of benzene rings is 1. The fraction of sp³-hybridized carbons (Fsp3) is 0.444. The molecule has 144 valence electrons. The fourth-order valence-corrected chi connectivity index (χ4v) is 5.68. The van der Waals surface area contributed by atoms with E-state index in [1.807, 2.05) is 0 Å². The molecular weight excluding hydrogens is 370 g/mol. The number of sulfonamides is 1. The first kappa shape index (κ1) is 18.1. The highest BCUT2D eigenvalue weighted by atomic mass is 32.3. The van der Waals surface area contributed by atoms with Gasteiger partial charge in [-0.1, -0.05) is 21.5 Å². The van der Waals surface area contributed by atoms with E-state index in [2.05, 4.69) is 10.5 Å². The topological polar surface area (TPSA) is 108 Å². The molecular formula is C18H21N3O5S. The standard InChI is InChI=1S/C18H21N3O5S/c1-12-16(13(2)26-20-12)27(23,24)21-9-5-8-18(10-21)11-25-15-7-4-3-6-14(15)17(22)19-18/h3-4,6-7H,5,8-11H2,1-2H3,(H-,19,22,23,24). The normalized spacial score (nSPS) is 25.2. The first-order chi connectivity index (χ1) is 12.8. The van der Waals surface area contributed by atoms with Crippen LogP contribution in [0.5, 0.6) is 5.75 Å². The van der Waals surface area contributed by atoms with E-state index in [1.54, 1.807) is 38.1 Å². The highest BCUT2D eigenvalue weighted by Gasteiger charge is 2.47. The van der Waals surface area contributed by atoms with Gasteiger partial charge in [0.2, 0.25) is 4.90 Å². The van der Waals surface area contributed by atoms with Gasteiger partial charge in [0.1, 0.15) is 18.1 Å². The summed E-state index contributed by atoms with van der Waals surface area (Å²) >= 11 is 0. The van der Waals surface area contributed by atoms with Crippen molar-refractivity contribution in [2.75, 3.05) is 19.7 Å². The molecule has 1 saturated heterocycles. The van der Waals surface area contributed by atoms with Gasteiger partial charge in [0.15, 0.2) is 16.2 Å². The molecule has 2 unspecified atom stereocenters. The maximum Gasteiger partial charge on any atom is 0.255 e. The maximum atomic E-state index is 13.2. The number of amides is 1. The van der Waals surface area contributed by atoms with Crippen LogP contribution in [0.4, 0.5) is 0 Å². The van der Waals surface area contributed by atoms with E-state index in [4.69, 9.17) is 9.26 Å². The number of nitrogens with one attached hydrogen (secondary N) is 1. The minimum absolute atomic E-state index is 0.101. The molecule has 2 aliphatic rings. The number of rotatable bonds is 2. The van der Waals surface area contributed by atoms with Gasteiger partial charge < -0.3 is 19.1 Å². The highest BCUT2D eigenvalue weighted by Crippen LogP contribution is 2.34. The van der Waals surface area contributed by atoms with Gasteiger partial charge >= 0.3 is 0 Å². The Morgan fingerprint density at radius 3 is 2.85 bits per heavy atom. The van der Waals surface area contributed by atoms with Crippen LogP contribution in [0.1, 0.15) is 34.7 Å². The van der Waals surface area contributed by atoms with Crippen molar-refractivity contribution in [3.8, 4) is 5.75 Å². The van der Waals surface area contributed by atoms with Crippen molar-refractivity contribution in [1.29, 1.82) is 0 Å². The number of carbonyl (C=O) groups excluding carboxylic acids is 1. The lowest BCUT2D eigenvalue weighted by Crippen LogP contribution is -2.62. The Balaban J connectivity index is 1.64. The Morgan fingerprint density at radius 2 is 2.11 bits per heavy atom. The van der Waals surface area contributed by atoms with Gasteiger partial charge in [-0.2, -0.15) is 0 Å². The molecule has 27 heavy (non-hydrogen) atoms. The Kier molecular flexibility index (Phi) is 4.32. The number of hydrogen-bond acceptors (Lipinski definition) is 6. The number of ether oxygens (including phenoxy) is 1. The Hall–Kier alpha value is -2.23. The lowest BCUT2D eigenvalue weighted by atomic mass is 9.91. The lowest BCUT2D eigenvalue weighted by Gasteiger charge is -2.41. The van der Waals surface area contributed by atoms with E-state index >= 15 is 0 Å². The molecule has 2 aliphatic heterocycles. The minimum atomic E-state index is -3.78. The fourth-order valence-electron chi connectivity index (χ4n) is 3.83.